The molecule has 0 spiro atoms. The van der Waals surface area contributed by atoms with Gasteiger partial charge in [0.05, 0.1) is 29.8 Å². The number of rotatable bonds is 5. The third-order valence-corrected chi connectivity index (χ3v) is 6.58. The van der Waals surface area contributed by atoms with Gasteiger partial charge in [0.15, 0.2) is 12.1 Å². The summed E-state index contributed by atoms with van der Waals surface area (Å²) in [4.78, 5) is 30.0. The molecule has 3 heterocycles. The Hall–Kier alpha value is -3.29. The molecule has 1 unspecified atom stereocenters. The van der Waals surface area contributed by atoms with Crippen LogP contribution in [-0.4, -0.2) is 60.4 Å². The minimum atomic E-state index is -0.818. The molecule has 0 N–H and O–H groups in total. The van der Waals surface area contributed by atoms with Crippen LogP contribution in [0.25, 0.3) is 0 Å². The summed E-state index contributed by atoms with van der Waals surface area (Å²) in [5.41, 5.74) is 1.63. The van der Waals surface area contributed by atoms with Crippen LogP contribution < -0.4 is 4.90 Å². The summed E-state index contributed by atoms with van der Waals surface area (Å²) in [6, 6.07) is 17.0. The van der Waals surface area contributed by atoms with Crippen molar-refractivity contribution in [1.82, 2.24) is 4.90 Å². The number of hydrogen-bond acceptors (Lipinski definition) is 7. The lowest BCUT2D eigenvalue weighted by atomic mass is 9.95. The molecular formula is C26H27N3O6. The van der Waals surface area contributed by atoms with E-state index in [1.165, 1.54) is 6.07 Å². The van der Waals surface area contributed by atoms with Gasteiger partial charge >= 0.3 is 6.03 Å². The molecule has 5 rings (SSSR count). The molecule has 3 amide bonds. The topological polar surface area (TPSA) is 101 Å². The molecule has 9 heteroatoms. The van der Waals surface area contributed by atoms with Crippen molar-refractivity contribution in [1.29, 1.82) is 5.26 Å². The SMILES string of the molecule is CO[C@@H]1[C@H]2OC(C)(C)O[C@H]2O[C@@H]1C1CC(=O)N(c2cccc(C#N)c2)C(=O)N1Cc1ccccc1. The van der Waals surface area contributed by atoms with Gasteiger partial charge in [0.25, 0.3) is 0 Å². The van der Waals surface area contributed by atoms with Gasteiger partial charge in [-0.1, -0.05) is 36.4 Å². The Morgan fingerprint density at radius 2 is 1.86 bits per heavy atom. The Morgan fingerprint density at radius 3 is 2.57 bits per heavy atom. The molecular weight excluding hydrogens is 450 g/mol. The van der Waals surface area contributed by atoms with Crippen molar-refractivity contribution in [3.05, 3.63) is 65.7 Å². The monoisotopic (exact) mass is 477 g/mol. The highest BCUT2D eigenvalue weighted by atomic mass is 16.8. The van der Waals surface area contributed by atoms with Crippen molar-refractivity contribution in [3.8, 4) is 6.07 Å². The van der Waals surface area contributed by atoms with Gasteiger partial charge in [0.2, 0.25) is 5.91 Å². The largest absolute Gasteiger partial charge is 0.376 e. The van der Waals surface area contributed by atoms with Crippen LogP contribution in [0.3, 0.4) is 0 Å². The maximum absolute atomic E-state index is 13.8. The van der Waals surface area contributed by atoms with Gasteiger partial charge in [0.1, 0.15) is 18.3 Å². The molecule has 0 saturated carbocycles. The molecule has 0 aliphatic carbocycles. The standard InChI is InChI=1S/C26H27N3O6/c1-26(2)34-23-22(32-3)21(33-24(23)35-26)19-13-20(30)29(18-11-7-10-17(12-18)14-27)25(31)28(19)15-16-8-5-4-6-9-16/h4-12,19,21-24H,13,15H2,1-3H3/t19?,21-,22+,23-,24-/m1/s1. The lowest BCUT2D eigenvalue weighted by Crippen LogP contribution is -2.62. The number of anilines is 1. The van der Waals surface area contributed by atoms with Gasteiger partial charge < -0.3 is 23.8 Å². The fourth-order valence-corrected chi connectivity index (χ4v) is 5.07. The summed E-state index contributed by atoms with van der Waals surface area (Å²) in [5.74, 6) is -1.20. The quantitative estimate of drug-likeness (QED) is 0.652. The zero-order chi connectivity index (χ0) is 24.7. The van der Waals surface area contributed by atoms with Crippen LogP contribution in [0.15, 0.2) is 54.6 Å². The molecule has 5 atom stereocenters. The predicted octanol–water partition coefficient (Wildman–Crippen LogP) is 3.18. The van der Waals surface area contributed by atoms with Gasteiger partial charge in [-0.05, 0) is 37.6 Å². The fourth-order valence-electron chi connectivity index (χ4n) is 5.07. The smallest absolute Gasteiger partial charge is 0.332 e. The Morgan fingerprint density at radius 1 is 1.09 bits per heavy atom. The Kier molecular flexibility index (Phi) is 6.07. The van der Waals surface area contributed by atoms with Gasteiger partial charge in [0, 0.05) is 13.7 Å². The Bertz CT molecular complexity index is 1160. The molecule has 3 fully saturated rings. The van der Waals surface area contributed by atoms with E-state index in [1.807, 2.05) is 30.3 Å². The van der Waals surface area contributed by atoms with Gasteiger partial charge in [-0.25, -0.2) is 9.69 Å². The number of benzene rings is 2. The number of imide groups is 1. The van der Waals surface area contributed by atoms with E-state index in [2.05, 4.69) is 6.07 Å². The molecule has 35 heavy (non-hydrogen) atoms. The second-order valence-corrected chi connectivity index (χ2v) is 9.33. The van der Waals surface area contributed by atoms with E-state index in [4.69, 9.17) is 18.9 Å². The van der Waals surface area contributed by atoms with E-state index in [9.17, 15) is 14.9 Å². The van der Waals surface area contributed by atoms with E-state index in [0.29, 0.717) is 11.3 Å². The summed E-state index contributed by atoms with van der Waals surface area (Å²) >= 11 is 0. The maximum Gasteiger partial charge on any atom is 0.332 e. The fraction of sp³-hybridized carbons (Fsp3) is 0.423. The third-order valence-electron chi connectivity index (χ3n) is 6.58. The molecule has 2 aromatic rings. The summed E-state index contributed by atoms with van der Waals surface area (Å²) in [5, 5.41) is 9.29. The van der Waals surface area contributed by atoms with Gasteiger partial charge in [-0.15, -0.1) is 0 Å². The minimum absolute atomic E-state index is 0.0166. The Balaban J connectivity index is 1.49. The minimum Gasteiger partial charge on any atom is -0.376 e. The van der Waals surface area contributed by atoms with E-state index in [-0.39, 0.29) is 18.9 Å². The number of carbonyl (C=O) groups excluding carboxylic acids is 2. The zero-order valence-electron chi connectivity index (χ0n) is 19.8. The summed E-state index contributed by atoms with van der Waals surface area (Å²) < 4.78 is 23.9. The molecule has 9 nitrogen and oxygen atoms in total. The van der Waals surface area contributed by atoms with Gasteiger partial charge in [-0.3, -0.25) is 4.79 Å². The van der Waals surface area contributed by atoms with Crippen molar-refractivity contribution in [2.75, 3.05) is 12.0 Å². The first-order chi connectivity index (χ1) is 16.8. The number of fused-ring (bicyclic) bond motifs is 1. The number of nitriles is 1. The van der Waals surface area contributed by atoms with Crippen LogP contribution in [0.2, 0.25) is 0 Å². The van der Waals surface area contributed by atoms with Crippen molar-refractivity contribution in [2.45, 2.75) is 63.2 Å². The number of hydrogen-bond donors (Lipinski definition) is 0. The first-order valence-corrected chi connectivity index (χ1v) is 11.5. The summed E-state index contributed by atoms with van der Waals surface area (Å²) in [6.07, 6.45) is -2.28. The first-order valence-electron chi connectivity index (χ1n) is 11.5. The molecule has 0 radical (unpaired) electrons. The van der Waals surface area contributed by atoms with Crippen molar-refractivity contribution in [3.63, 3.8) is 0 Å². The van der Waals surface area contributed by atoms with Crippen LogP contribution in [0, 0.1) is 11.3 Å². The number of methoxy groups -OCH3 is 1. The number of carbonyl (C=O) groups is 2. The van der Waals surface area contributed by atoms with Crippen molar-refractivity contribution >= 4 is 17.6 Å². The lowest BCUT2D eigenvalue weighted by Gasteiger charge is -2.43. The maximum atomic E-state index is 13.8. The van der Waals surface area contributed by atoms with E-state index in [0.717, 1.165) is 10.5 Å². The third kappa shape index (κ3) is 4.30. The van der Waals surface area contributed by atoms with Crippen molar-refractivity contribution in [2.24, 2.45) is 0 Å². The lowest BCUT2D eigenvalue weighted by molar-refractivity contribution is -0.223. The van der Waals surface area contributed by atoms with E-state index >= 15 is 0 Å². The molecule has 0 bridgehead atoms. The van der Waals surface area contributed by atoms with Crippen LogP contribution in [0.1, 0.15) is 31.4 Å². The molecule has 3 aliphatic rings. The number of urea groups is 1. The van der Waals surface area contributed by atoms with E-state index in [1.54, 1.807) is 44.1 Å². The summed E-state index contributed by atoms with van der Waals surface area (Å²) in [6.45, 7) is 3.88. The molecule has 3 saturated heterocycles. The second kappa shape index (κ2) is 9.06. The normalized spacial score (nSPS) is 29.8. The van der Waals surface area contributed by atoms with Crippen LogP contribution in [-0.2, 0) is 30.3 Å². The molecule has 182 valence electrons. The van der Waals surface area contributed by atoms with Crippen LogP contribution >= 0.6 is 0 Å². The number of nitrogens with zero attached hydrogens (tertiary/aromatic N) is 3. The number of ether oxygens (including phenoxy) is 4. The van der Waals surface area contributed by atoms with Crippen LogP contribution in [0.5, 0.6) is 0 Å². The zero-order valence-corrected chi connectivity index (χ0v) is 19.8. The highest BCUT2D eigenvalue weighted by Crippen LogP contribution is 2.42. The molecule has 0 aromatic heterocycles. The highest BCUT2D eigenvalue weighted by molar-refractivity contribution is 6.16. The average Bonchev–Trinajstić information content (AvgIpc) is 3.32. The predicted molar refractivity (Wildman–Crippen MR) is 124 cm³/mol. The second-order valence-electron chi connectivity index (χ2n) is 9.33. The number of amides is 3. The summed E-state index contributed by atoms with van der Waals surface area (Å²) in [7, 11) is 1.56. The first kappa shape index (κ1) is 23.5. The van der Waals surface area contributed by atoms with Gasteiger partial charge in [-0.2, -0.15) is 5.26 Å². The molecule has 2 aromatic carbocycles. The molecule has 3 aliphatic heterocycles. The van der Waals surface area contributed by atoms with Crippen molar-refractivity contribution < 1.29 is 28.5 Å². The van der Waals surface area contributed by atoms with Crippen LogP contribution in [0.4, 0.5) is 10.5 Å². The Labute approximate surface area is 203 Å². The average molecular weight is 478 g/mol. The van der Waals surface area contributed by atoms with E-state index < -0.39 is 42.5 Å². The highest BCUT2D eigenvalue weighted by Gasteiger charge is 2.59.